The van der Waals surface area contributed by atoms with Crippen molar-refractivity contribution >= 4 is 0 Å². The fraction of sp³-hybridized carbons (Fsp3) is 0.619. The first-order chi connectivity index (χ1) is 11.2. The summed E-state index contributed by atoms with van der Waals surface area (Å²) in [6, 6.07) is 12.0. The van der Waals surface area contributed by atoms with Crippen LogP contribution in [0.2, 0.25) is 0 Å². The van der Waals surface area contributed by atoms with E-state index in [0.717, 1.165) is 19.0 Å². The van der Waals surface area contributed by atoms with Crippen LogP contribution in [0.15, 0.2) is 42.5 Å². The van der Waals surface area contributed by atoms with Crippen LogP contribution in [0.4, 0.5) is 0 Å². The molecular formula is C21H33IN2. The van der Waals surface area contributed by atoms with Crippen molar-refractivity contribution < 1.29 is 28.5 Å². The van der Waals surface area contributed by atoms with E-state index >= 15 is 0 Å². The molecule has 24 heavy (non-hydrogen) atoms. The molecule has 1 heterocycles. The zero-order valence-corrected chi connectivity index (χ0v) is 17.4. The summed E-state index contributed by atoms with van der Waals surface area (Å²) in [5, 5.41) is 3.70. The van der Waals surface area contributed by atoms with Gasteiger partial charge in [0, 0.05) is 19.0 Å². The zero-order valence-electron chi connectivity index (χ0n) is 15.3. The summed E-state index contributed by atoms with van der Waals surface area (Å²) in [5.41, 5.74) is 1.55. The summed E-state index contributed by atoms with van der Waals surface area (Å²) in [6.45, 7) is 7.18. The van der Waals surface area contributed by atoms with Crippen molar-refractivity contribution in [2.24, 2.45) is 5.92 Å². The molecule has 1 aromatic rings. The number of hydrogen-bond acceptors (Lipinski definition) is 1. The van der Waals surface area contributed by atoms with Crippen LogP contribution in [0.3, 0.4) is 0 Å². The normalized spacial score (nSPS) is 31.8. The second-order valence-corrected chi connectivity index (χ2v) is 7.63. The van der Waals surface area contributed by atoms with Gasteiger partial charge < -0.3 is 33.8 Å². The van der Waals surface area contributed by atoms with Crippen molar-refractivity contribution in [1.82, 2.24) is 5.32 Å². The molecule has 3 heteroatoms. The molecule has 0 radical (unpaired) electrons. The van der Waals surface area contributed by atoms with E-state index < -0.39 is 0 Å². The smallest absolute Gasteiger partial charge is 0.109 e. The minimum Gasteiger partial charge on any atom is -1.00 e. The second kappa shape index (κ2) is 9.35. The van der Waals surface area contributed by atoms with Gasteiger partial charge in [-0.15, -0.1) is 0 Å². The average molecular weight is 440 g/mol. The van der Waals surface area contributed by atoms with Crippen LogP contribution >= 0.6 is 0 Å². The van der Waals surface area contributed by atoms with Crippen molar-refractivity contribution in [1.29, 1.82) is 0 Å². The molecule has 134 valence electrons. The maximum Gasteiger partial charge on any atom is 0.109 e. The number of rotatable bonds is 4. The Hall–Kier alpha value is -0.390. The fourth-order valence-electron chi connectivity index (χ4n) is 4.69. The van der Waals surface area contributed by atoms with Gasteiger partial charge >= 0.3 is 0 Å². The minimum atomic E-state index is 0. The van der Waals surface area contributed by atoms with E-state index in [1.807, 2.05) is 0 Å². The molecule has 0 aromatic heterocycles. The third-order valence-electron chi connectivity index (χ3n) is 6.33. The van der Waals surface area contributed by atoms with Crippen LogP contribution in [0.1, 0.15) is 44.1 Å². The van der Waals surface area contributed by atoms with Crippen molar-refractivity contribution in [2.45, 2.75) is 44.6 Å². The number of likely N-dealkylation sites (N-methyl/N-ethyl adjacent to an activating group) is 1. The number of quaternary nitrogens is 1. The minimum absolute atomic E-state index is 0. The molecule has 2 nitrogen and oxygen atoms in total. The van der Waals surface area contributed by atoms with E-state index in [1.54, 1.807) is 5.56 Å². The fourth-order valence-corrected chi connectivity index (χ4v) is 4.69. The van der Waals surface area contributed by atoms with Crippen LogP contribution in [-0.4, -0.2) is 43.8 Å². The molecule has 0 spiro atoms. The highest BCUT2D eigenvalue weighted by Gasteiger charge is 2.43. The van der Waals surface area contributed by atoms with E-state index in [-0.39, 0.29) is 24.0 Å². The van der Waals surface area contributed by atoms with Gasteiger partial charge in [-0.3, -0.25) is 0 Å². The molecule has 1 aliphatic heterocycles. The van der Waals surface area contributed by atoms with E-state index in [1.165, 1.54) is 43.3 Å². The lowest BCUT2D eigenvalue weighted by Gasteiger charge is -2.49. The van der Waals surface area contributed by atoms with Gasteiger partial charge in [-0.2, -0.15) is 0 Å². The maximum atomic E-state index is 3.70. The molecule has 1 aromatic carbocycles. The molecule has 4 unspecified atom stereocenters. The first-order valence-electron chi connectivity index (χ1n) is 9.49. The summed E-state index contributed by atoms with van der Waals surface area (Å²) in [7, 11) is 2.48. The SMILES string of the molecule is CC[N+]1(C)CCNCC1C(c1ccccc1)C1CC=CCCC1.[I-]. The Morgan fingerprint density at radius 3 is 2.75 bits per heavy atom. The highest BCUT2D eigenvalue weighted by atomic mass is 127. The van der Waals surface area contributed by atoms with E-state index in [4.69, 9.17) is 0 Å². The number of hydrogen-bond donors (Lipinski definition) is 1. The maximum absolute atomic E-state index is 3.70. The molecule has 1 fully saturated rings. The third-order valence-corrected chi connectivity index (χ3v) is 6.33. The Morgan fingerprint density at radius 1 is 1.21 bits per heavy atom. The van der Waals surface area contributed by atoms with E-state index in [9.17, 15) is 0 Å². The lowest BCUT2D eigenvalue weighted by Crippen LogP contribution is -3.00. The van der Waals surface area contributed by atoms with Gasteiger partial charge in [0.05, 0.1) is 20.1 Å². The third kappa shape index (κ3) is 4.41. The predicted octanol–water partition coefficient (Wildman–Crippen LogP) is 0.959. The molecule has 4 atom stereocenters. The van der Waals surface area contributed by atoms with Gasteiger partial charge in [-0.05, 0) is 44.1 Å². The van der Waals surface area contributed by atoms with Crippen molar-refractivity contribution in [2.75, 3.05) is 33.2 Å². The van der Waals surface area contributed by atoms with Gasteiger partial charge in [-0.1, -0.05) is 42.5 Å². The predicted molar refractivity (Wildman–Crippen MR) is 98.5 cm³/mol. The molecule has 0 saturated carbocycles. The molecule has 0 bridgehead atoms. The summed E-state index contributed by atoms with van der Waals surface area (Å²) in [5.74, 6) is 1.45. The highest BCUT2D eigenvalue weighted by Crippen LogP contribution is 2.39. The van der Waals surface area contributed by atoms with Crippen molar-refractivity contribution in [3.8, 4) is 0 Å². The first kappa shape index (κ1) is 19.9. The van der Waals surface area contributed by atoms with Crippen LogP contribution < -0.4 is 29.3 Å². The highest BCUT2D eigenvalue weighted by molar-refractivity contribution is 5.23. The summed E-state index contributed by atoms with van der Waals surface area (Å²) >= 11 is 0. The van der Waals surface area contributed by atoms with E-state index in [0.29, 0.717) is 12.0 Å². The molecule has 1 N–H and O–H groups in total. The van der Waals surface area contributed by atoms with Gasteiger partial charge in [0.1, 0.15) is 6.04 Å². The quantitative estimate of drug-likeness (QED) is 0.418. The molecule has 1 aliphatic carbocycles. The van der Waals surface area contributed by atoms with Crippen LogP contribution in [0.25, 0.3) is 0 Å². The number of halogens is 1. The molecule has 0 amide bonds. The molecular weight excluding hydrogens is 407 g/mol. The van der Waals surface area contributed by atoms with Crippen molar-refractivity contribution in [3.05, 3.63) is 48.0 Å². The largest absolute Gasteiger partial charge is 1.00 e. The first-order valence-corrected chi connectivity index (χ1v) is 9.49. The lowest BCUT2D eigenvalue weighted by molar-refractivity contribution is -0.935. The number of piperazine rings is 1. The Bertz CT molecular complexity index is 516. The second-order valence-electron chi connectivity index (χ2n) is 7.63. The Kier molecular flexibility index (Phi) is 7.76. The monoisotopic (exact) mass is 440 g/mol. The Balaban J connectivity index is 0.00000208. The topological polar surface area (TPSA) is 12.0 Å². The number of benzene rings is 1. The number of nitrogens with zero attached hydrogens (tertiary/aromatic N) is 1. The molecule has 3 rings (SSSR count). The summed E-state index contributed by atoms with van der Waals surface area (Å²) in [4.78, 5) is 0. The molecule has 2 aliphatic rings. The summed E-state index contributed by atoms with van der Waals surface area (Å²) < 4.78 is 1.22. The molecule has 1 saturated heterocycles. The Morgan fingerprint density at radius 2 is 2.00 bits per heavy atom. The van der Waals surface area contributed by atoms with Crippen LogP contribution in [0, 0.1) is 5.92 Å². The van der Waals surface area contributed by atoms with Crippen LogP contribution in [0.5, 0.6) is 0 Å². The Labute approximate surface area is 165 Å². The standard InChI is InChI=1S/C21H33N2.HI/c1-3-23(2)16-15-22-17-20(23)21(19-13-9-6-10-14-19)18-11-7-4-5-8-12-18;/h4,6-7,9-10,13-14,18,20-22H,3,5,8,11-12,15-17H2,1-2H3;1H/q+1;/p-1. The summed E-state index contributed by atoms with van der Waals surface area (Å²) in [6.07, 6.45) is 10.1. The van der Waals surface area contributed by atoms with Crippen LogP contribution in [-0.2, 0) is 0 Å². The lowest BCUT2D eigenvalue weighted by atomic mass is 9.75. The van der Waals surface area contributed by atoms with Gasteiger partial charge in [0.2, 0.25) is 0 Å². The number of nitrogens with one attached hydrogen (secondary N) is 1. The van der Waals surface area contributed by atoms with Gasteiger partial charge in [0.15, 0.2) is 0 Å². The van der Waals surface area contributed by atoms with Gasteiger partial charge in [0.25, 0.3) is 0 Å². The average Bonchev–Trinajstić information content (AvgIpc) is 2.87. The number of allylic oxidation sites excluding steroid dienone is 2. The zero-order chi connectivity index (χ0) is 16.1. The van der Waals surface area contributed by atoms with Gasteiger partial charge in [-0.25, -0.2) is 0 Å². The van der Waals surface area contributed by atoms with E-state index in [2.05, 4.69) is 61.8 Å². The van der Waals surface area contributed by atoms with Crippen molar-refractivity contribution in [3.63, 3.8) is 0 Å².